The summed E-state index contributed by atoms with van der Waals surface area (Å²) >= 11 is 0. The second-order valence-electron chi connectivity index (χ2n) is 14.3. The van der Waals surface area contributed by atoms with Gasteiger partial charge in [-0.15, -0.1) is 0 Å². The maximum Gasteiger partial charge on any atom is 0.324 e. The molecule has 7 rings (SSSR count). The standard InChI is InChI=1S/C37H37N7O4.C5H8N2O/c1-23-10-12-26(13-11-23)44-34(21-33(42-44)37(3,4)5)41-36(46)40-31-14-15-32(30-9-7-6-8-29(30)31)47-27-16-17-38-25(19-27)20-35(45)39-22-28-18-24(2)43-48-28;1-4-2-5(3-6)8-7-4/h6-19,21H,20,22H2,1-5H3,(H,39,45)(H2,40,41,46);2H,3,6H2,1H3. The van der Waals surface area contributed by atoms with E-state index in [0.717, 1.165) is 44.9 Å². The van der Waals surface area contributed by atoms with Gasteiger partial charge in [0.15, 0.2) is 11.5 Å². The highest BCUT2D eigenvalue weighted by Crippen LogP contribution is 2.35. The van der Waals surface area contributed by atoms with Crippen molar-refractivity contribution in [3.8, 4) is 17.2 Å². The van der Waals surface area contributed by atoms with Gasteiger partial charge in [0.25, 0.3) is 0 Å². The van der Waals surface area contributed by atoms with Gasteiger partial charge in [0.2, 0.25) is 5.91 Å². The Hall–Kier alpha value is -6.80. The number of rotatable bonds is 10. The summed E-state index contributed by atoms with van der Waals surface area (Å²) in [6, 6.07) is 27.8. The summed E-state index contributed by atoms with van der Waals surface area (Å²) in [6.45, 7) is 12.6. The zero-order valence-corrected chi connectivity index (χ0v) is 32.2. The molecule has 7 aromatic rings. The van der Waals surface area contributed by atoms with Crippen molar-refractivity contribution in [2.75, 3.05) is 10.6 Å². The van der Waals surface area contributed by atoms with Crippen molar-refractivity contribution in [1.82, 2.24) is 30.4 Å². The molecule has 4 aromatic heterocycles. The van der Waals surface area contributed by atoms with E-state index in [1.165, 1.54) is 0 Å². The van der Waals surface area contributed by atoms with E-state index in [-0.39, 0.29) is 24.3 Å². The predicted molar refractivity (Wildman–Crippen MR) is 214 cm³/mol. The number of hydrogen-bond acceptors (Lipinski definition) is 10. The molecular weight excluding hydrogens is 711 g/mol. The van der Waals surface area contributed by atoms with E-state index in [0.29, 0.717) is 41.0 Å². The van der Waals surface area contributed by atoms with E-state index in [9.17, 15) is 9.59 Å². The summed E-state index contributed by atoms with van der Waals surface area (Å²) in [5, 5.41) is 22.7. The maximum atomic E-state index is 13.4. The first kappa shape index (κ1) is 38.9. The van der Waals surface area contributed by atoms with Crippen LogP contribution in [0.15, 0.2) is 106 Å². The second kappa shape index (κ2) is 17.1. The van der Waals surface area contributed by atoms with Crippen LogP contribution < -0.4 is 26.4 Å². The molecule has 0 radical (unpaired) electrons. The fraction of sp³-hybridized carbons (Fsp3) is 0.238. The van der Waals surface area contributed by atoms with Crippen LogP contribution in [-0.2, 0) is 29.7 Å². The molecule has 4 heterocycles. The van der Waals surface area contributed by atoms with Gasteiger partial charge in [-0.1, -0.05) is 73.0 Å². The number of aromatic nitrogens is 5. The number of pyridine rings is 1. The van der Waals surface area contributed by atoms with Crippen LogP contribution in [0.25, 0.3) is 16.5 Å². The van der Waals surface area contributed by atoms with E-state index in [1.807, 2.05) is 81.4 Å². The summed E-state index contributed by atoms with van der Waals surface area (Å²) in [7, 11) is 0. The molecule has 5 N–H and O–H groups in total. The number of ether oxygens (including phenoxy) is 1. The predicted octanol–water partition coefficient (Wildman–Crippen LogP) is 8.06. The van der Waals surface area contributed by atoms with E-state index in [1.54, 1.807) is 41.2 Å². The van der Waals surface area contributed by atoms with Gasteiger partial charge in [-0.3, -0.25) is 15.1 Å². The Morgan fingerprint density at radius 3 is 2.16 bits per heavy atom. The van der Waals surface area contributed by atoms with Crippen LogP contribution in [0, 0.1) is 20.8 Å². The van der Waals surface area contributed by atoms with Crippen LogP contribution in [0.5, 0.6) is 11.5 Å². The topological polar surface area (TPSA) is 188 Å². The lowest BCUT2D eigenvalue weighted by Crippen LogP contribution is -2.24. The Bertz CT molecular complexity index is 2440. The first-order valence-corrected chi connectivity index (χ1v) is 18.1. The number of carbonyl (C=O) groups is 2. The number of amides is 3. The number of hydrogen-bond donors (Lipinski definition) is 4. The molecule has 0 fully saturated rings. The van der Waals surface area contributed by atoms with Gasteiger partial charge in [0, 0.05) is 46.6 Å². The van der Waals surface area contributed by atoms with Crippen molar-refractivity contribution in [3.63, 3.8) is 0 Å². The molecule has 288 valence electrons. The van der Waals surface area contributed by atoms with Crippen molar-refractivity contribution in [3.05, 3.63) is 137 Å². The van der Waals surface area contributed by atoms with Gasteiger partial charge in [-0.05, 0) is 51.1 Å². The largest absolute Gasteiger partial charge is 0.457 e. The van der Waals surface area contributed by atoms with Crippen molar-refractivity contribution < 1.29 is 23.4 Å². The fourth-order valence-electron chi connectivity index (χ4n) is 5.63. The van der Waals surface area contributed by atoms with Crippen LogP contribution in [0.3, 0.4) is 0 Å². The normalized spacial score (nSPS) is 11.1. The monoisotopic (exact) mass is 755 g/mol. The summed E-state index contributed by atoms with van der Waals surface area (Å²) in [4.78, 5) is 30.3. The van der Waals surface area contributed by atoms with Crippen molar-refractivity contribution in [2.24, 2.45) is 5.73 Å². The Labute approximate surface area is 324 Å². The van der Waals surface area contributed by atoms with Crippen LogP contribution in [0.1, 0.15) is 60.6 Å². The summed E-state index contributed by atoms with van der Waals surface area (Å²) < 4.78 is 17.9. The molecule has 56 heavy (non-hydrogen) atoms. The minimum Gasteiger partial charge on any atom is -0.457 e. The average molecular weight is 756 g/mol. The number of nitrogens with zero attached hydrogens (tertiary/aromatic N) is 5. The molecule has 0 aliphatic carbocycles. The molecule has 0 atom stereocenters. The number of benzene rings is 3. The lowest BCUT2D eigenvalue weighted by Gasteiger charge is -2.14. The van der Waals surface area contributed by atoms with Crippen molar-refractivity contribution in [2.45, 2.75) is 66.5 Å². The van der Waals surface area contributed by atoms with E-state index in [4.69, 9.17) is 24.6 Å². The minimum atomic E-state index is -0.405. The second-order valence-corrected chi connectivity index (χ2v) is 14.3. The first-order valence-electron chi connectivity index (χ1n) is 18.1. The van der Waals surface area contributed by atoms with Gasteiger partial charge in [-0.2, -0.15) is 5.10 Å². The van der Waals surface area contributed by atoms with E-state index >= 15 is 0 Å². The summed E-state index contributed by atoms with van der Waals surface area (Å²) in [5.41, 5.74) is 10.6. The number of nitrogens with one attached hydrogen (secondary N) is 3. The summed E-state index contributed by atoms with van der Waals surface area (Å²) in [5.74, 6) is 2.79. The van der Waals surface area contributed by atoms with Gasteiger partial charge in [-0.25, -0.2) is 9.48 Å². The third kappa shape index (κ3) is 10.0. The molecule has 0 aliphatic heterocycles. The SMILES string of the molecule is Cc1cc(CN)on1.Cc1ccc(-n2nc(C(C)(C)C)cc2NC(=O)Nc2ccc(Oc3ccnc(CC(=O)NCc4cc(C)no4)c3)c3ccccc23)cc1. The Kier molecular flexibility index (Phi) is 11.9. The molecule has 14 nitrogen and oxygen atoms in total. The van der Waals surface area contributed by atoms with E-state index < -0.39 is 6.03 Å². The molecule has 0 aliphatic rings. The average Bonchev–Trinajstić information content (AvgIpc) is 3.92. The number of urea groups is 1. The number of aryl methyl sites for hydroxylation is 3. The minimum absolute atomic E-state index is 0.0725. The molecule has 0 unspecified atom stereocenters. The number of carbonyl (C=O) groups excluding carboxylic acids is 2. The maximum absolute atomic E-state index is 13.4. The Balaban J connectivity index is 0.000000592. The molecule has 0 bridgehead atoms. The van der Waals surface area contributed by atoms with Crippen LogP contribution in [0.2, 0.25) is 0 Å². The van der Waals surface area contributed by atoms with Gasteiger partial charge >= 0.3 is 6.03 Å². The Morgan fingerprint density at radius 2 is 1.52 bits per heavy atom. The van der Waals surface area contributed by atoms with E-state index in [2.05, 4.69) is 52.0 Å². The highest BCUT2D eigenvalue weighted by atomic mass is 16.5. The van der Waals surface area contributed by atoms with Gasteiger partial charge in [0.1, 0.15) is 17.3 Å². The van der Waals surface area contributed by atoms with Crippen molar-refractivity contribution in [1.29, 1.82) is 0 Å². The lowest BCUT2D eigenvalue weighted by atomic mass is 9.92. The highest BCUT2D eigenvalue weighted by molar-refractivity contribution is 6.07. The molecular formula is C42H45N9O5. The molecule has 0 saturated carbocycles. The number of nitrogens with two attached hydrogens (primary N) is 1. The number of fused-ring (bicyclic) bond motifs is 1. The van der Waals surface area contributed by atoms with Crippen LogP contribution >= 0.6 is 0 Å². The van der Waals surface area contributed by atoms with Crippen molar-refractivity contribution >= 4 is 34.2 Å². The van der Waals surface area contributed by atoms with Gasteiger partial charge < -0.3 is 30.2 Å². The Morgan fingerprint density at radius 1 is 0.821 bits per heavy atom. The van der Waals surface area contributed by atoms with Gasteiger partial charge in [0.05, 0.1) is 53.7 Å². The molecule has 3 aromatic carbocycles. The molecule has 0 spiro atoms. The van der Waals surface area contributed by atoms with Crippen LogP contribution in [0.4, 0.5) is 16.3 Å². The van der Waals surface area contributed by atoms with Crippen LogP contribution in [-0.4, -0.2) is 37.0 Å². The quantitative estimate of drug-likeness (QED) is 0.106. The molecule has 3 amide bonds. The smallest absolute Gasteiger partial charge is 0.324 e. The zero-order chi connectivity index (χ0) is 39.8. The highest BCUT2D eigenvalue weighted by Gasteiger charge is 2.22. The number of anilines is 2. The molecule has 0 saturated heterocycles. The zero-order valence-electron chi connectivity index (χ0n) is 32.2. The summed E-state index contributed by atoms with van der Waals surface area (Å²) in [6.07, 6.45) is 1.68. The third-order valence-corrected chi connectivity index (χ3v) is 8.50. The third-order valence-electron chi connectivity index (χ3n) is 8.50. The molecule has 14 heteroatoms. The first-order chi connectivity index (χ1) is 26.8. The lowest BCUT2D eigenvalue weighted by molar-refractivity contribution is -0.120. The fourth-order valence-corrected chi connectivity index (χ4v) is 5.63.